The largest absolute Gasteiger partial charge is 0.383 e. The van der Waals surface area contributed by atoms with E-state index in [-0.39, 0.29) is 11.9 Å². The molecular weight excluding hydrogens is 318 g/mol. The third kappa shape index (κ3) is 3.88. The molecule has 0 radical (unpaired) electrons. The Labute approximate surface area is 148 Å². The molecule has 0 saturated heterocycles. The highest BCUT2D eigenvalue weighted by atomic mass is 16.5. The first-order chi connectivity index (χ1) is 12.1. The molecule has 3 rings (SSSR count). The van der Waals surface area contributed by atoms with Gasteiger partial charge in [-0.1, -0.05) is 30.3 Å². The van der Waals surface area contributed by atoms with Crippen LogP contribution < -0.4 is 0 Å². The molecule has 7 heteroatoms. The number of carbonyl (C=O) groups is 1. The molecule has 1 aromatic heterocycles. The Balaban J connectivity index is 1.94. The maximum atomic E-state index is 13.1. The number of fused-ring (bicyclic) bond motifs is 1. The molecule has 134 valence electrons. The Bertz CT molecular complexity index is 714. The second kappa shape index (κ2) is 7.76. The fraction of sp³-hybridized carbons (Fsp3) is 0.500. The molecule has 0 spiro atoms. The number of methoxy groups -OCH3 is 1. The van der Waals surface area contributed by atoms with Crippen molar-refractivity contribution in [1.82, 2.24) is 24.6 Å². The van der Waals surface area contributed by atoms with Gasteiger partial charge in [-0.2, -0.15) is 0 Å². The van der Waals surface area contributed by atoms with Crippen LogP contribution in [0.1, 0.15) is 23.3 Å². The predicted octanol–water partition coefficient (Wildman–Crippen LogP) is 1.11. The number of aromatic nitrogens is 3. The first-order valence-corrected chi connectivity index (χ1v) is 8.49. The van der Waals surface area contributed by atoms with E-state index in [1.807, 2.05) is 46.7 Å². The molecule has 0 fully saturated rings. The van der Waals surface area contributed by atoms with Gasteiger partial charge in [0, 0.05) is 20.1 Å². The van der Waals surface area contributed by atoms with Crippen molar-refractivity contribution in [3.63, 3.8) is 0 Å². The predicted molar refractivity (Wildman–Crippen MR) is 93.9 cm³/mol. The van der Waals surface area contributed by atoms with Crippen LogP contribution in [0.4, 0.5) is 0 Å². The summed E-state index contributed by atoms with van der Waals surface area (Å²) < 4.78 is 7.18. The lowest BCUT2D eigenvalue weighted by molar-refractivity contribution is -0.138. The molecule has 1 aromatic carbocycles. The molecular formula is C18H25N5O2. The van der Waals surface area contributed by atoms with E-state index in [2.05, 4.69) is 22.3 Å². The zero-order valence-corrected chi connectivity index (χ0v) is 15.1. The van der Waals surface area contributed by atoms with Crippen molar-refractivity contribution in [2.24, 2.45) is 0 Å². The summed E-state index contributed by atoms with van der Waals surface area (Å²) in [5.74, 6) is 1.78. The molecule has 1 aliphatic heterocycles. The maximum Gasteiger partial charge on any atom is 0.246 e. The van der Waals surface area contributed by atoms with Crippen LogP contribution in [0.2, 0.25) is 0 Å². The lowest BCUT2D eigenvalue weighted by atomic mass is 10.0. The molecule has 0 aliphatic carbocycles. The average Bonchev–Trinajstić information content (AvgIpc) is 2.98. The van der Waals surface area contributed by atoms with Gasteiger partial charge in [-0.05, 0) is 19.7 Å². The summed E-state index contributed by atoms with van der Waals surface area (Å²) in [5.41, 5.74) is 1.13. The molecule has 25 heavy (non-hydrogen) atoms. The second-order valence-corrected chi connectivity index (χ2v) is 6.60. The van der Waals surface area contributed by atoms with Crippen molar-refractivity contribution in [1.29, 1.82) is 0 Å². The molecule has 7 nitrogen and oxygen atoms in total. The number of hydrogen-bond acceptors (Lipinski definition) is 5. The summed E-state index contributed by atoms with van der Waals surface area (Å²) >= 11 is 0. The minimum Gasteiger partial charge on any atom is -0.383 e. The van der Waals surface area contributed by atoms with E-state index >= 15 is 0 Å². The SMILES string of the molecule is COCCN1Cc2nnc(CN(C)C)n2[C@H](Cc2ccccc2)C1=O. The van der Waals surface area contributed by atoms with E-state index in [0.717, 1.165) is 17.2 Å². The fourth-order valence-corrected chi connectivity index (χ4v) is 3.20. The van der Waals surface area contributed by atoms with Crippen molar-refractivity contribution in [2.75, 3.05) is 34.4 Å². The number of nitrogens with zero attached hydrogens (tertiary/aromatic N) is 5. The van der Waals surface area contributed by atoms with Gasteiger partial charge in [0.25, 0.3) is 0 Å². The lowest BCUT2D eigenvalue weighted by Gasteiger charge is -2.34. The van der Waals surface area contributed by atoms with Crippen molar-refractivity contribution in [3.8, 4) is 0 Å². The van der Waals surface area contributed by atoms with Crippen LogP contribution in [0.15, 0.2) is 30.3 Å². The molecule has 0 bridgehead atoms. The summed E-state index contributed by atoms with van der Waals surface area (Å²) in [6.07, 6.45) is 0.634. The summed E-state index contributed by atoms with van der Waals surface area (Å²) in [6, 6.07) is 9.78. The normalized spacial score (nSPS) is 17.2. The van der Waals surface area contributed by atoms with Crippen LogP contribution in [-0.2, 0) is 29.0 Å². The second-order valence-electron chi connectivity index (χ2n) is 6.60. The van der Waals surface area contributed by atoms with E-state index in [1.165, 1.54) is 0 Å². The Morgan fingerprint density at radius 3 is 2.68 bits per heavy atom. The van der Waals surface area contributed by atoms with Gasteiger partial charge in [-0.15, -0.1) is 10.2 Å². The summed E-state index contributed by atoms with van der Waals surface area (Å²) in [5, 5.41) is 8.69. The number of benzene rings is 1. The Kier molecular flexibility index (Phi) is 5.45. The highest BCUT2D eigenvalue weighted by molar-refractivity contribution is 5.82. The van der Waals surface area contributed by atoms with E-state index in [1.54, 1.807) is 7.11 Å². The molecule has 1 amide bonds. The third-order valence-corrected chi connectivity index (χ3v) is 4.37. The van der Waals surface area contributed by atoms with Crippen LogP contribution in [0, 0.1) is 0 Å². The Morgan fingerprint density at radius 2 is 2.00 bits per heavy atom. The Morgan fingerprint density at radius 1 is 1.24 bits per heavy atom. The van der Waals surface area contributed by atoms with E-state index in [9.17, 15) is 4.79 Å². The van der Waals surface area contributed by atoms with Gasteiger partial charge < -0.3 is 14.5 Å². The topological polar surface area (TPSA) is 63.5 Å². The number of ether oxygens (including phenoxy) is 1. The standard InChI is InChI=1S/C18H25N5O2/c1-21(2)12-16-19-20-17-13-22(9-10-25-3)18(24)15(23(16)17)11-14-7-5-4-6-8-14/h4-8,15H,9-13H2,1-3H3/t15-/m1/s1. The van der Waals surface area contributed by atoms with Crippen LogP contribution in [0.25, 0.3) is 0 Å². The van der Waals surface area contributed by atoms with E-state index in [4.69, 9.17) is 4.74 Å². The first kappa shape index (κ1) is 17.6. The molecule has 2 heterocycles. The van der Waals surface area contributed by atoms with Gasteiger partial charge in [0.15, 0.2) is 5.82 Å². The van der Waals surface area contributed by atoms with Crippen molar-refractivity contribution in [3.05, 3.63) is 47.5 Å². The van der Waals surface area contributed by atoms with Gasteiger partial charge >= 0.3 is 0 Å². The zero-order chi connectivity index (χ0) is 17.8. The summed E-state index contributed by atoms with van der Waals surface area (Å²) in [6.45, 7) is 2.22. The Hall–Kier alpha value is -2.25. The molecule has 1 atom stereocenters. The minimum absolute atomic E-state index is 0.105. The number of hydrogen-bond donors (Lipinski definition) is 0. The average molecular weight is 343 g/mol. The zero-order valence-electron chi connectivity index (χ0n) is 15.1. The monoisotopic (exact) mass is 343 g/mol. The van der Waals surface area contributed by atoms with E-state index < -0.39 is 0 Å². The van der Waals surface area contributed by atoms with Gasteiger partial charge in [-0.3, -0.25) is 9.36 Å². The molecule has 0 N–H and O–H groups in total. The van der Waals surface area contributed by atoms with Crippen LogP contribution >= 0.6 is 0 Å². The third-order valence-electron chi connectivity index (χ3n) is 4.37. The molecule has 0 unspecified atom stereocenters. The lowest BCUT2D eigenvalue weighted by Crippen LogP contribution is -2.45. The van der Waals surface area contributed by atoms with Gasteiger partial charge in [0.2, 0.25) is 5.91 Å². The van der Waals surface area contributed by atoms with Gasteiger partial charge in [0.1, 0.15) is 11.9 Å². The van der Waals surface area contributed by atoms with Crippen LogP contribution in [-0.4, -0.2) is 64.8 Å². The van der Waals surface area contributed by atoms with Gasteiger partial charge in [0.05, 0.1) is 19.7 Å². The van der Waals surface area contributed by atoms with Gasteiger partial charge in [-0.25, -0.2) is 0 Å². The smallest absolute Gasteiger partial charge is 0.246 e. The molecule has 2 aromatic rings. The highest BCUT2D eigenvalue weighted by Gasteiger charge is 2.35. The number of rotatable bonds is 7. The number of amides is 1. The first-order valence-electron chi connectivity index (χ1n) is 8.49. The minimum atomic E-state index is -0.312. The van der Waals surface area contributed by atoms with Crippen molar-refractivity contribution >= 4 is 5.91 Å². The molecule has 0 saturated carbocycles. The quantitative estimate of drug-likeness (QED) is 0.754. The van der Waals surface area contributed by atoms with E-state index in [0.29, 0.717) is 32.7 Å². The number of carbonyl (C=O) groups excluding carboxylic acids is 1. The molecule has 1 aliphatic rings. The van der Waals surface area contributed by atoms with Crippen LogP contribution in [0.5, 0.6) is 0 Å². The fourth-order valence-electron chi connectivity index (χ4n) is 3.20. The highest BCUT2D eigenvalue weighted by Crippen LogP contribution is 2.26. The van der Waals surface area contributed by atoms with Crippen molar-refractivity contribution < 1.29 is 9.53 Å². The van der Waals surface area contributed by atoms with Crippen LogP contribution in [0.3, 0.4) is 0 Å². The summed E-state index contributed by atoms with van der Waals surface area (Å²) in [7, 11) is 5.63. The maximum absolute atomic E-state index is 13.1. The van der Waals surface area contributed by atoms with Crippen molar-refractivity contribution in [2.45, 2.75) is 25.6 Å². The summed E-state index contributed by atoms with van der Waals surface area (Å²) in [4.78, 5) is 17.0.